The molecule has 1 N–H and O–H groups in total. The Morgan fingerprint density at radius 3 is 2.57 bits per heavy atom. The minimum absolute atomic E-state index is 0.150. The Morgan fingerprint density at radius 1 is 1.29 bits per heavy atom. The summed E-state index contributed by atoms with van der Waals surface area (Å²) in [6.07, 6.45) is 4.89. The highest BCUT2D eigenvalue weighted by atomic mass is 16.5. The molecule has 0 aromatic carbocycles. The van der Waals surface area contributed by atoms with E-state index in [1.54, 1.807) is 0 Å². The Balaban J connectivity index is 3.34. The average molecular weight is 201 g/mol. The first-order chi connectivity index (χ1) is 6.72. The predicted octanol–water partition coefficient (Wildman–Crippen LogP) is 2.11. The number of hydrogen-bond acceptors (Lipinski definition) is 3. The van der Waals surface area contributed by atoms with Crippen molar-refractivity contribution in [3.63, 3.8) is 0 Å². The molecule has 3 heteroatoms. The summed E-state index contributed by atoms with van der Waals surface area (Å²) in [5.74, 6) is -0.150. The van der Waals surface area contributed by atoms with Crippen LogP contribution in [-0.4, -0.2) is 25.2 Å². The zero-order chi connectivity index (χ0) is 10.8. The Hall–Kier alpha value is -0.570. The largest absolute Gasteiger partial charge is 0.465 e. The van der Waals surface area contributed by atoms with E-state index in [2.05, 4.69) is 12.2 Å². The third-order valence-corrected chi connectivity index (χ3v) is 2.12. The molecule has 0 aliphatic carbocycles. The molecule has 0 bridgehead atoms. The van der Waals surface area contributed by atoms with Gasteiger partial charge in [0.2, 0.25) is 0 Å². The highest BCUT2D eigenvalue weighted by molar-refractivity contribution is 5.75. The van der Waals surface area contributed by atoms with Crippen LogP contribution < -0.4 is 5.32 Å². The number of ether oxygens (including phenoxy) is 1. The first kappa shape index (κ1) is 13.4. The van der Waals surface area contributed by atoms with Crippen LogP contribution in [0.3, 0.4) is 0 Å². The van der Waals surface area contributed by atoms with Gasteiger partial charge in [-0.05, 0) is 26.8 Å². The summed E-state index contributed by atoms with van der Waals surface area (Å²) >= 11 is 0. The van der Waals surface area contributed by atoms with Gasteiger partial charge in [0.05, 0.1) is 6.61 Å². The van der Waals surface area contributed by atoms with Crippen LogP contribution in [0.25, 0.3) is 0 Å². The summed E-state index contributed by atoms with van der Waals surface area (Å²) in [6.45, 7) is 7.22. The van der Waals surface area contributed by atoms with E-state index < -0.39 is 0 Å². The van der Waals surface area contributed by atoms with Gasteiger partial charge in [-0.15, -0.1) is 0 Å². The van der Waals surface area contributed by atoms with Crippen LogP contribution in [0.1, 0.15) is 46.5 Å². The maximum absolute atomic E-state index is 11.2. The summed E-state index contributed by atoms with van der Waals surface area (Å²) in [5.41, 5.74) is 0. The molecule has 0 aromatic rings. The molecule has 0 aliphatic rings. The molecule has 3 nitrogen and oxygen atoms in total. The van der Waals surface area contributed by atoms with Gasteiger partial charge in [-0.25, -0.2) is 0 Å². The van der Waals surface area contributed by atoms with Gasteiger partial charge in [-0.3, -0.25) is 4.79 Å². The minimum Gasteiger partial charge on any atom is -0.465 e. The van der Waals surface area contributed by atoms with Crippen LogP contribution in [0.2, 0.25) is 0 Å². The van der Waals surface area contributed by atoms with Crippen molar-refractivity contribution in [2.75, 3.05) is 13.2 Å². The standard InChI is InChI=1S/C11H23NO2/c1-4-6-7-8-9-12-10(3)11(13)14-5-2/h10,12H,4-9H2,1-3H3. The number of unbranched alkanes of at least 4 members (excludes halogenated alkanes) is 3. The number of carbonyl (C=O) groups is 1. The van der Waals surface area contributed by atoms with Crippen molar-refractivity contribution in [2.45, 2.75) is 52.5 Å². The Kier molecular flexibility index (Phi) is 8.64. The van der Waals surface area contributed by atoms with Gasteiger partial charge in [-0.1, -0.05) is 26.2 Å². The lowest BCUT2D eigenvalue weighted by molar-refractivity contribution is -0.145. The number of nitrogens with one attached hydrogen (secondary N) is 1. The zero-order valence-electron chi connectivity index (χ0n) is 9.64. The van der Waals surface area contributed by atoms with Gasteiger partial charge in [-0.2, -0.15) is 0 Å². The smallest absolute Gasteiger partial charge is 0.322 e. The molecule has 0 heterocycles. The second kappa shape index (κ2) is 9.00. The fourth-order valence-corrected chi connectivity index (χ4v) is 1.22. The van der Waals surface area contributed by atoms with E-state index in [-0.39, 0.29) is 12.0 Å². The van der Waals surface area contributed by atoms with Crippen LogP contribution >= 0.6 is 0 Å². The van der Waals surface area contributed by atoms with E-state index in [0.717, 1.165) is 13.0 Å². The van der Waals surface area contributed by atoms with Crippen LogP contribution in [0.5, 0.6) is 0 Å². The van der Waals surface area contributed by atoms with Gasteiger partial charge < -0.3 is 10.1 Å². The van der Waals surface area contributed by atoms with Crippen molar-refractivity contribution in [2.24, 2.45) is 0 Å². The molecule has 0 saturated carbocycles. The van der Waals surface area contributed by atoms with E-state index in [9.17, 15) is 4.79 Å². The van der Waals surface area contributed by atoms with E-state index in [4.69, 9.17) is 4.74 Å². The molecule has 0 amide bonds. The molecule has 0 saturated heterocycles. The van der Waals surface area contributed by atoms with Gasteiger partial charge in [0, 0.05) is 0 Å². The van der Waals surface area contributed by atoms with E-state index >= 15 is 0 Å². The fraction of sp³-hybridized carbons (Fsp3) is 0.909. The molecular formula is C11H23NO2. The lowest BCUT2D eigenvalue weighted by Crippen LogP contribution is -2.35. The fourth-order valence-electron chi connectivity index (χ4n) is 1.22. The molecule has 0 fully saturated rings. The SMILES string of the molecule is CCCCCCNC(C)C(=O)OCC. The number of carbonyl (C=O) groups excluding carboxylic acids is 1. The molecule has 0 aliphatic heterocycles. The van der Waals surface area contributed by atoms with Gasteiger partial charge in [0.1, 0.15) is 6.04 Å². The summed E-state index contributed by atoms with van der Waals surface area (Å²) < 4.78 is 4.88. The van der Waals surface area contributed by atoms with E-state index in [1.165, 1.54) is 19.3 Å². The van der Waals surface area contributed by atoms with Crippen LogP contribution in [0, 0.1) is 0 Å². The van der Waals surface area contributed by atoms with Crippen molar-refractivity contribution in [1.82, 2.24) is 5.32 Å². The van der Waals surface area contributed by atoms with Crippen molar-refractivity contribution < 1.29 is 9.53 Å². The van der Waals surface area contributed by atoms with Gasteiger partial charge >= 0.3 is 5.97 Å². The molecular weight excluding hydrogens is 178 g/mol. The summed E-state index contributed by atoms with van der Waals surface area (Å²) in [5, 5.41) is 3.15. The Morgan fingerprint density at radius 2 is 2.00 bits per heavy atom. The molecule has 1 atom stereocenters. The monoisotopic (exact) mass is 201 g/mol. The Bertz CT molecular complexity index is 148. The van der Waals surface area contributed by atoms with Crippen LogP contribution in [0.15, 0.2) is 0 Å². The molecule has 84 valence electrons. The summed E-state index contributed by atoms with van der Waals surface area (Å²) in [7, 11) is 0. The maximum atomic E-state index is 11.2. The summed E-state index contributed by atoms with van der Waals surface area (Å²) in [4.78, 5) is 11.2. The second-order valence-electron chi connectivity index (χ2n) is 3.49. The van der Waals surface area contributed by atoms with Crippen LogP contribution in [0.4, 0.5) is 0 Å². The quantitative estimate of drug-likeness (QED) is 0.483. The number of esters is 1. The van der Waals surface area contributed by atoms with Crippen molar-refractivity contribution >= 4 is 5.97 Å². The third-order valence-electron chi connectivity index (χ3n) is 2.12. The predicted molar refractivity (Wildman–Crippen MR) is 58.2 cm³/mol. The van der Waals surface area contributed by atoms with Crippen molar-refractivity contribution in [3.8, 4) is 0 Å². The normalized spacial score (nSPS) is 12.5. The first-order valence-corrected chi connectivity index (χ1v) is 5.62. The lowest BCUT2D eigenvalue weighted by Gasteiger charge is -2.11. The van der Waals surface area contributed by atoms with E-state index in [1.807, 2.05) is 13.8 Å². The molecule has 0 radical (unpaired) electrons. The molecule has 1 unspecified atom stereocenters. The Labute approximate surface area is 87.2 Å². The zero-order valence-corrected chi connectivity index (χ0v) is 9.64. The van der Waals surface area contributed by atoms with Gasteiger partial charge in [0.25, 0.3) is 0 Å². The molecule has 0 spiro atoms. The number of rotatable bonds is 8. The molecule has 14 heavy (non-hydrogen) atoms. The maximum Gasteiger partial charge on any atom is 0.322 e. The highest BCUT2D eigenvalue weighted by Gasteiger charge is 2.11. The van der Waals surface area contributed by atoms with Crippen molar-refractivity contribution in [3.05, 3.63) is 0 Å². The lowest BCUT2D eigenvalue weighted by atomic mass is 10.2. The molecule has 0 rings (SSSR count). The highest BCUT2D eigenvalue weighted by Crippen LogP contribution is 1.97. The van der Waals surface area contributed by atoms with Crippen molar-refractivity contribution in [1.29, 1.82) is 0 Å². The average Bonchev–Trinajstić information content (AvgIpc) is 2.17. The van der Waals surface area contributed by atoms with Gasteiger partial charge in [0.15, 0.2) is 0 Å². The van der Waals surface area contributed by atoms with Crippen LogP contribution in [-0.2, 0) is 9.53 Å². The van der Waals surface area contributed by atoms with E-state index in [0.29, 0.717) is 6.61 Å². The minimum atomic E-state index is -0.170. The topological polar surface area (TPSA) is 38.3 Å². The first-order valence-electron chi connectivity index (χ1n) is 5.62. The second-order valence-corrected chi connectivity index (χ2v) is 3.49. The molecule has 0 aromatic heterocycles. The number of hydrogen-bond donors (Lipinski definition) is 1. The summed E-state index contributed by atoms with van der Waals surface area (Å²) in [6, 6.07) is -0.170. The third kappa shape index (κ3) is 6.89.